The van der Waals surface area contributed by atoms with Crippen LogP contribution >= 0.6 is 7.92 Å². The number of nitrogens with zero attached hydrogens (tertiary/aromatic N) is 2. The molecule has 6 rings (SSSR count). The fourth-order valence-corrected chi connectivity index (χ4v) is 7.79. The first-order valence-corrected chi connectivity index (χ1v) is 14.4. The molecule has 2 atom stereocenters. The Morgan fingerprint density at radius 3 is 1.52 bits per heavy atom. The zero-order chi connectivity index (χ0) is 27.5. The van der Waals surface area contributed by atoms with Crippen molar-refractivity contribution in [3.63, 3.8) is 0 Å². The van der Waals surface area contributed by atoms with Crippen molar-refractivity contribution < 1.29 is 13.2 Å². The molecule has 0 bridgehead atoms. The Labute approximate surface area is 233 Å². The molecule has 0 spiro atoms. The van der Waals surface area contributed by atoms with E-state index in [0.29, 0.717) is 16.0 Å². The van der Waals surface area contributed by atoms with Crippen LogP contribution in [0.5, 0.6) is 0 Å². The van der Waals surface area contributed by atoms with Crippen LogP contribution in [0, 0.1) is 0 Å². The average Bonchev–Trinajstić information content (AvgIpc) is 3.41. The van der Waals surface area contributed by atoms with E-state index >= 15 is 13.2 Å². The fourth-order valence-electron chi connectivity index (χ4n) is 5.34. The molecule has 0 aromatic heterocycles. The molecule has 0 saturated carbocycles. The first kappa shape index (κ1) is 26.0. The van der Waals surface area contributed by atoms with Gasteiger partial charge in [-0.15, -0.1) is 0 Å². The Bertz CT molecular complexity index is 1550. The van der Waals surface area contributed by atoms with Crippen molar-refractivity contribution in [3.8, 4) is 0 Å². The summed E-state index contributed by atoms with van der Waals surface area (Å²) in [5.41, 5.74) is 1.81. The number of alkyl halides is 3. The second-order valence-electron chi connectivity index (χ2n) is 9.53. The molecule has 0 amide bonds. The normalized spacial score (nSPS) is 17.2. The van der Waals surface area contributed by atoms with E-state index in [-0.39, 0.29) is 5.84 Å². The smallest absolute Gasteiger partial charge is 0.258 e. The van der Waals surface area contributed by atoms with E-state index in [1.165, 1.54) is 0 Å². The van der Waals surface area contributed by atoms with E-state index < -0.39 is 26.3 Å². The number of hydrogen-bond acceptors (Lipinski definition) is 2. The molecule has 0 fully saturated rings. The van der Waals surface area contributed by atoms with Crippen molar-refractivity contribution in [2.24, 2.45) is 4.99 Å². The Morgan fingerprint density at radius 1 is 0.550 bits per heavy atom. The number of rotatable bonds is 6. The van der Waals surface area contributed by atoms with Gasteiger partial charge < -0.3 is 0 Å². The predicted molar refractivity (Wildman–Crippen MR) is 158 cm³/mol. The molecule has 2 nitrogen and oxygen atoms in total. The molecule has 40 heavy (non-hydrogen) atoms. The number of amidine groups is 1. The van der Waals surface area contributed by atoms with Gasteiger partial charge in [0, 0.05) is 5.56 Å². The van der Waals surface area contributed by atoms with E-state index in [0.717, 1.165) is 21.5 Å². The molecule has 5 aromatic rings. The monoisotopic (exact) mass is 550 g/mol. The molecular formula is C34H26F3N2P. The van der Waals surface area contributed by atoms with Crippen LogP contribution in [-0.4, -0.2) is 17.0 Å². The third-order valence-electron chi connectivity index (χ3n) is 7.04. The van der Waals surface area contributed by atoms with Crippen molar-refractivity contribution in [1.82, 2.24) is 4.90 Å². The van der Waals surface area contributed by atoms with Crippen molar-refractivity contribution in [2.45, 2.75) is 18.4 Å². The van der Waals surface area contributed by atoms with Crippen LogP contribution in [0.3, 0.4) is 0 Å². The molecule has 0 radical (unpaired) electrons. The van der Waals surface area contributed by atoms with Gasteiger partial charge in [0.2, 0.25) is 0 Å². The highest BCUT2D eigenvalue weighted by Crippen LogP contribution is 2.48. The van der Waals surface area contributed by atoms with Gasteiger partial charge in [-0.2, -0.15) is 13.2 Å². The van der Waals surface area contributed by atoms with Gasteiger partial charge in [0.25, 0.3) is 0 Å². The molecule has 0 aliphatic carbocycles. The largest absolute Gasteiger partial charge is 0.486 e. The van der Waals surface area contributed by atoms with E-state index in [1.807, 2.05) is 109 Å². The Kier molecular flexibility index (Phi) is 7.23. The van der Waals surface area contributed by atoms with Gasteiger partial charge in [-0.3, -0.25) is 9.89 Å². The summed E-state index contributed by atoms with van der Waals surface area (Å²) >= 11 is 0. The first-order valence-electron chi connectivity index (χ1n) is 13.1. The van der Waals surface area contributed by atoms with Gasteiger partial charge in [0.15, 0.2) is 0 Å². The SMILES string of the molecule is FC(F)(F)N1C(c2ccccc2P(c2ccccc2)c2ccccc2)=N[C@H](c2ccccc2)[C@H]1c1ccccc1. The summed E-state index contributed by atoms with van der Waals surface area (Å²) in [5.74, 6) is -0.0508. The maximum Gasteiger partial charge on any atom is 0.486 e. The molecule has 0 N–H and O–H groups in total. The van der Waals surface area contributed by atoms with Crippen LogP contribution in [0.15, 0.2) is 151 Å². The molecule has 0 saturated heterocycles. The van der Waals surface area contributed by atoms with Crippen LogP contribution in [0.4, 0.5) is 13.2 Å². The lowest BCUT2D eigenvalue weighted by atomic mass is 9.94. The molecular weight excluding hydrogens is 524 g/mol. The van der Waals surface area contributed by atoms with Gasteiger partial charge in [0.05, 0.1) is 6.04 Å². The van der Waals surface area contributed by atoms with E-state index in [9.17, 15) is 0 Å². The highest BCUT2D eigenvalue weighted by atomic mass is 31.1. The van der Waals surface area contributed by atoms with Crippen LogP contribution < -0.4 is 15.9 Å². The summed E-state index contributed by atoms with van der Waals surface area (Å²) in [4.78, 5) is 5.47. The summed E-state index contributed by atoms with van der Waals surface area (Å²) in [6, 6.07) is 43.8. The molecule has 6 heteroatoms. The summed E-state index contributed by atoms with van der Waals surface area (Å²) in [5, 5.41) is 2.96. The van der Waals surface area contributed by atoms with Gasteiger partial charge in [-0.05, 0) is 35.0 Å². The van der Waals surface area contributed by atoms with Gasteiger partial charge in [-0.1, -0.05) is 146 Å². The topological polar surface area (TPSA) is 15.6 Å². The Hall–Kier alpha value is -4.21. The van der Waals surface area contributed by atoms with E-state index in [2.05, 4.69) is 0 Å². The maximum absolute atomic E-state index is 15.2. The molecule has 198 valence electrons. The predicted octanol–water partition coefficient (Wildman–Crippen LogP) is 7.51. The minimum absolute atomic E-state index is 0.0508. The maximum atomic E-state index is 15.2. The van der Waals surface area contributed by atoms with Crippen molar-refractivity contribution in [2.75, 3.05) is 0 Å². The second-order valence-corrected chi connectivity index (χ2v) is 11.7. The minimum atomic E-state index is -4.65. The Balaban J connectivity index is 1.58. The van der Waals surface area contributed by atoms with Crippen molar-refractivity contribution in [1.29, 1.82) is 0 Å². The summed E-state index contributed by atoms with van der Waals surface area (Å²) in [6.45, 7) is 0. The van der Waals surface area contributed by atoms with Gasteiger partial charge in [-0.25, -0.2) is 0 Å². The number of aliphatic imine (C=N–C) groups is 1. The second kappa shape index (κ2) is 11.1. The third kappa shape index (κ3) is 5.05. The standard InChI is InChI=1S/C34H26F3N2P/c35-34(36,37)39-32(26-17-7-2-8-18-26)31(25-15-5-1-6-16-25)38-33(39)29-23-13-14-24-30(29)40(27-19-9-3-10-20-27)28-21-11-4-12-22-28/h1-24,31-32H/t31-,32-/m1/s1. The molecule has 0 unspecified atom stereocenters. The lowest BCUT2D eigenvalue weighted by Crippen LogP contribution is -2.44. The van der Waals surface area contributed by atoms with Crippen LogP contribution in [0.2, 0.25) is 0 Å². The summed E-state index contributed by atoms with van der Waals surface area (Å²) in [6.07, 6.45) is -4.65. The van der Waals surface area contributed by atoms with Gasteiger partial charge >= 0.3 is 6.30 Å². The molecule has 1 aliphatic rings. The summed E-state index contributed by atoms with van der Waals surface area (Å²) < 4.78 is 45.5. The Morgan fingerprint density at radius 2 is 1.00 bits per heavy atom. The molecule has 5 aromatic carbocycles. The third-order valence-corrected chi connectivity index (χ3v) is 9.54. The van der Waals surface area contributed by atoms with E-state index in [1.54, 1.807) is 36.4 Å². The van der Waals surface area contributed by atoms with Gasteiger partial charge in [0.1, 0.15) is 11.9 Å². The molecule has 1 aliphatic heterocycles. The zero-order valence-corrected chi connectivity index (χ0v) is 22.4. The van der Waals surface area contributed by atoms with Crippen LogP contribution in [0.1, 0.15) is 28.8 Å². The quantitative estimate of drug-likeness (QED) is 0.158. The van der Waals surface area contributed by atoms with Crippen molar-refractivity contribution in [3.05, 3.63) is 162 Å². The lowest BCUT2D eigenvalue weighted by molar-refractivity contribution is -0.228. The van der Waals surface area contributed by atoms with Crippen molar-refractivity contribution >= 4 is 29.7 Å². The molecule has 1 heterocycles. The van der Waals surface area contributed by atoms with Crippen LogP contribution in [-0.2, 0) is 0 Å². The highest BCUT2D eigenvalue weighted by molar-refractivity contribution is 7.80. The number of hydrogen-bond donors (Lipinski definition) is 0. The minimum Gasteiger partial charge on any atom is -0.258 e. The highest BCUT2D eigenvalue weighted by Gasteiger charge is 2.52. The van der Waals surface area contributed by atoms with Crippen LogP contribution in [0.25, 0.3) is 0 Å². The lowest BCUT2D eigenvalue weighted by Gasteiger charge is -2.33. The average molecular weight is 551 g/mol. The van der Waals surface area contributed by atoms with E-state index in [4.69, 9.17) is 4.99 Å². The number of halogens is 3. The number of benzene rings is 5. The first-order chi connectivity index (χ1) is 19.5. The fraction of sp³-hybridized carbons (Fsp3) is 0.0882. The summed E-state index contributed by atoms with van der Waals surface area (Å²) in [7, 11) is -1.15. The zero-order valence-electron chi connectivity index (χ0n) is 21.5.